The van der Waals surface area contributed by atoms with E-state index in [9.17, 15) is 14.2 Å². The average molecular weight is 400 g/mol. The van der Waals surface area contributed by atoms with Crippen molar-refractivity contribution < 1.29 is 23.2 Å². The molecule has 0 saturated heterocycles. The van der Waals surface area contributed by atoms with Gasteiger partial charge < -0.3 is 9.05 Å². The van der Waals surface area contributed by atoms with Gasteiger partial charge in [0.1, 0.15) is 11.5 Å². The predicted octanol–water partition coefficient (Wildman–Crippen LogP) is 4.02. The molecule has 1 atom stereocenters. The van der Waals surface area contributed by atoms with E-state index < -0.39 is 19.6 Å². The van der Waals surface area contributed by atoms with Crippen LogP contribution in [-0.2, 0) is 14.2 Å². The standard InChI is InChI=1S/C20H21N2O5P/c1-3-21(4-2)28(25,26-17-8-6-5-7-9-17)27-18-12-10-16(11-13-18)22-19(23)14-15-20(22)24/h5-15H,3-4H2,1-2H3. The first kappa shape index (κ1) is 19.9. The third-order valence-corrected chi connectivity index (χ3v) is 6.31. The van der Waals surface area contributed by atoms with E-state index in [-0.39, 0.29) is 0 Å². The number of hydrogen-bond acceptors (Lipinski definition) is 5. The van der Waals surface area contributed by atoms with Crippen LogP contribution < -0.4 is 13.9 Å². The Balaban J connectivity index is 1.83. The average Bonchev–Trinajstić information content (AvgIpc) is 3.02. The molecule has 1 unspecified atom stereocenters. The third-order valence-electron chi connectivity index (χ3n) is 4.17. The minimum absolute atomic E-state index is 0.307. The van der Waals surface area contributed by atoms with Gasteiger partial charge in [0.25, 0.3) is 11.8 Å². The molecule has 1 aliphatic heterocycles. The number of amides is 2. The van der Waals surface area contributed by atoms with Crippen molar-refractivity contribution in [2.24, 2.45) is 0 Å². The molecular weight excluding hydrogens is 379 g/mol. The molecule has 0 bridgehead atoms. The second-order valence-corrected chi connectivity index (χ2v) is 7.81. The molecule has 0 N–H and O–H groups in total. The Labute approximate surface area is 163 Å². The summed E-state index contributed by atoms with van der Waals surface area (Å²) in [5.74, 6) is -0.0598. The van der Waals surface area contributed by atoms with Gasteiger partial charge in [0, 0.05) is 25.2 Å². The molecule has 1 heterocycles. The quantitative estimate of drug-likeness (QED) is 0.492. The van der Waals surface area contributed by atoms with Crippen LogP contribution in [0.2, 0.25) is 0 Å². The highest BCUT2D eigenvalue weighted by molar-refractivity contribution is 7.52. The van der Waals surface area contributed by atoms with Crippen molar-refractivity contribution in [3.8, 4) is 11.5 Å². The van der Waals surface area contributed by atoms with E-state index in [2.05, 4.69) is 0 Å². The summed E-state index contributed by atoms with van der Waals surface area (Å²) in [5, 5.41) is 0. The molecule has 2 aromatic carbocycles. The van der Waals surface area contributed by atoms with E-state index >= 15 is 0 Å². The Morgan fingerprint density at radius 2 is 1.32 bits per heavy atom. The fourth-order valence-corrected chi connectivity index (χ4v) is 4.50. The minimum Gasteiger partial charge on any atom is -0.404 e. The molecule has 2 aromatic rings. The van der Waals surface area contributed by atoms with Crippen molar-refractivity contribution >= 4 is 25.2 Å². The van der Waals surface area contributed by atoms with Crippen molar-refractivity contribution in [1.82, 2.24) is 4.67 Å². The summed E-state index contributed by atoms with van der Waals surface area (Å²) < 4.78 is 26.6. The van der Waals surface area contributed by atoms with Crippen molar-refractivity contribution in [2.45, 2.75) is 13.8 Å². The zero-order valence-electron chi connectivity index (χ0n) is 15.6. The lowest BCUT2D eigenvalue weighted by Crippen LogP contribution is -2.29. The van der Waals surface area contributed by atoms with Crippen LogP contribution in [0.4, 0.5) is 5.69 Å². The molecule has 0 saturated carbocycles. The van der Waals surface area contributed by atoms with Crippen LogP contribution in [0.5, 0.6) is 11.5 Å². The van der Waals surface area contributed by atoms with Gasteiger partial charge in [-0.1, -0.05) is 32.0 Å². The fraction of sp³-hybridized carbons (Fsp3) is 0.200. The SMILES string of the molecule is CCN(CC)P(=O)(Oc1ccccc1)Oc1ccc(N2C(=O)C=CC2=O)cc1. The zero-order valence-corrected chi connectivity index (χ0v) is 16.5. The highest BCUT2D eigenvalue weighted by Gasteiger charge is 2.35. The lowest BCUT2D eigenvalue weighted by molar-refractivity contribution is -0.119. The second kappa shape index (κ2) is 8.42. The van der Waals surface area contributed by atoms with Crippen molar-refractivity contribution in [2.75, 3.05) is 18.0 Å². The molecular formula is C20H21N2O5P. The number of para-hydroxylation sites is 1. The van der Waals surface area contributed by atoms with E-state index in [1.54, 1.807) is 53.2 Å². The fourth-order valence-electron chi connectivity index (χ4n) is 2.76. The van der Waals surface area contributed by atoms with Crippen molar-refractivity contribution in [3.63, 3.8) is 0 Å². The van der Waals surface area contributed by atoms with Gasteiger partial charge in [-0.15, -0.1) is 0 Å². The zero-order chi connectivity index (χ0) is 20.1. The second-order valence-electron chi connectivity index (χ2n) is 5.94. The van der Waals surface area contributed by atoms with Crippen molar-refractivity contribution in [3.05, 3.63) is 66.7 Å². The number of anilines is 1. The van der Waals surface area contributed by atoms with E-state index in [1.807, 2.05) is 19.9 Å². The molecule has 0 radical (unpaired) electrons. The van der Waals surface area contributed by atoms with Crippen LogP contribution in [0, 0.1) is 0 Å². The Hall–Kier alpha value is -2.89. The summed E-state index contributed by atoms with van der Waals surface area (Å²) in [5.41, 5.74) is 0.411. The summed E-state index contributed by atoms with van der Waals surface area (Å²) in [6, 6.07) is 15.1. The number of nitrogens with zero attached hydrogens (tertiary/aromatic N) is 2. The van der Waals surface area contributed by atoms with Crippen LogP contribution in [0.3, 0.4) is 0 Å². The molecule has 28 heavy (non-hydrogen) atoms. The van der Waals surface area contributed by atoms with Crippen LogP contribution in [-0.4, -0.2) is 29.6 Å². The first-order valence-electron chi connectivity index (χ1n) is 8.92. The first-order valence-corrected chi connectivity index (χ1v) is 10.4. The van der Waals surface area contributed by atoms with Gasteiger partial charge in [-0.3, -0.25) is 9.59 Å². The highest BCUT2D eigenvalue weighted by Crippen LogP contribution is 2.51. The lowest BCUT2D eigenvalue weighted by Gasteiger charge is -2.28. The van der Waals surface area contributed by atoms with Gasteiger partial charge in [-0.25, -0.2) is 9.46 Å². The van der Waals surface area contributed by atoms with Gasteiger partial charge in [-0.2, -0.15) is 4.67 Å². The van der Waals surface area contributed by atoms with Crippen LogP contribution in [0.25, 0.3) is 0 Å². The first-order chi connectivity index (χ1) is 13.5. The van der Waals surface area contributed by atoms with Gasteiger partial charge in [0.15, 0.2) is 0 Å². The van der Waals surface area contributed by atoms with E-state index in [0.717, 1.165) is 4.90 Å². The Kier molecular flexibility index (Phi) is 5.97. The van der Waals surface area contributed by atoms with Gasteiger partial charge in [-0.05, 0) is 36.4 Å². The smallest absolute Gasteiger partial charge is 0.404 e. The molecule has 8 heteroatoms. The minimum atomic E-state index is -3.66. The summed E-state index contributed by atoms with van der Waals surface area (Å²) in [7, 11) is -3.66. The lowest BCUT2D eigenvalue weighted by atomic mass is 10.3. The molecule has 0 aromatic heterocycles. The van der Waals surface area contributed by atoms with Crippen LogP contribution >= 0.6 is 7.75 Å². The van der Waals surface area contributed by atoms with Gasteiger partial charge in [0.2, 0.25) is 0 Å². The summed E-state index contributed by atoms with van der Waals surface area (Å²) >= 11 is 0. The van der Waals surface area contributed by atoms with E-state index in [0.29, 0.717) is 30.3 Å². The topological polar surface area (TPSA) is 76.2 Å². The number of carbonyl (C=O) groups excluding carboxylic acids is 2. The molecule has 7 nitrogen and oxygen atoms in total. The molecule has 0 aliphatic carbocycles. The molecule has 2 amide bonds. The Morgan fingerprint density at radius 1 is 0.821 bits per heavy atom. The predicted molar refractivity (Wildman–Crippen MR) is 106 cm³/mol. The summed E-state index contributed by atoms with van der Waals surface area (Å²) in [4.78, 5) is 24.6. The van der Waals surface area contributed by atoms with Crippen LogP contribution in [0.1, 0.15) is 13.8 Å². The largest absolute Gasteiger partial charge is 0.515 e. The molecule has 0 fully saturated rings. The van der Waals surface area contributed by atoms with Crippen LogP contribution in [0.15, 0.2) is 66.7 Å². The van der Waals surface area contributed by atoms with Gasteiger partial charge >= 0.3 is 7.75 Å². The Morgan fingerprint density at radius 3 is 1.82 bits per heavy atom. The van der Waals surface area contributed by atoms with E-state index in [1.165, 1.54) is 12.2 Å². The van der Waals surface area contributed by atoms with E-state index in [4.69, 9.17) is 9.05 Å². The number of imide groups is 1. The number of rotatable bonds is 8. The maximum atomic E-state index is 13.5. The molecule has 3 rings (SSSR count). The monoisotopic (exact) mass is 400 g/mol. The molecule has 146 valence electrons. The Bertz CT molecular complexity index is 905. The summed E-state index contributed by atoms with van der Waals surface area (Å²) in [6.07, 6.45) is 2.43. The van der Waals surface area contributed by atoms with Gasteiger partial charge in [0.05, 0.1) is 5.69 Å². The molecule has 1 aliphatic rings. The van der Waals surface area contributed by atoms with Crippen molar-refractivity contribution in [1.29, 1.82) is 0 Å². The normalized spacial score (nSPS) is 15.8. The third kappa shape index (κ3) is 4.16. The molecule has 0 spiro atoms. The maximum Gasteiger partial charge on any atom is 0.515 e. The highest BCUT2D eigenvalue weighted by atomic mass is 31.2. The maximum absolute atomic E-state index is 13.5. The number of hydrogen-bond donors (Lipinski definition) is 0. The number of benzene rings is 2. The number of carbonyl (C=O) groups is 2. The summed E-state index contributed by atoms with van der Waals surface area (Å²) in [6.45, 7) is 4.69.